The number of phenols is 2. The first kappa shape index (κ1) is 14.7. The molecule has 4 N–H and O–H groups in total. The predicted molar refractivity (Wildman–Crippen MR) is 82.6 cm³/mol. The van der Waals surface area contributed by atoms with Crippen molar-refractivity contribution in [3.05, 3.63) is 47.5 Å². The Kier molecular flexibility index (Phi) is 4.33. The van der Waals surface area contributed by atoms with Gasteiger partial charge in [-0.3, -0.25) is 4.79 Å². The van der Waals surface area contributed by atoms with Gasteiger partial charge in [-0.25, -0.2) is 0 Å². The summed E-state index contributed by atoms with van der Waals surface area (Å²) >= 11 is 0. The Labute approximate surface area is 123 Å². The molecule has 0 aliphatic carbocycles. The van der Waals surface area contributed by atoms with Crippen LogP contribution in [0.1, 0.15) is 18.1 Å². The molecule has 0 saturated carbocycles. The number of carbonyl (C=O) groups excluding carboxylic acids is 1. The zero-order valence-electron chi connectivity index (χ0n) is 12.0. The van der Waals surface area contributed by atoms with Gasteiger partial charge in [0.2, 0.25) is 5.91 Å². The Morgan fingerprint density at radius 1 is 1.19 bits per heavy atom. The fourth-order valence-electron chi connectivity index (χ4n) is 2.00. The zero-order chi connectivity index (χ0) is 15.4. The number of anilines is 2. The Balaban J connectivity index is 2.15. The van der Waals surface area contributed by atoms with E-state index in [2.05, 4.69) is 10.6 Å². The molecular formula is C16H18N2O3. The van der Waals surface area contributed by atoms with Crippen LogP contribution in [0.15, 0.2) is 36.4 Å². The maximum Gasteiger partial charge on any atom is 0.221 e. The third-order valence-electron chi connectivity index (χ3n) is 3.13. The summed E-state index contributed by atoms with van der Waals surface area (Å²) in [5.74, 6) is -0.394. The summed E-state index contributed by atoms with van der Waals surface area (Å²) in [5, 5.41) is 25.2. The number of aromatic hydroxyl groups is 2. The summed E-state index contributed by atoms with van der Waals surface area (Å²) in [5.41, 5.74) is 3.17. The number of carbonyl (C=O) groups is 1. The highest BCUT2D eigenvalue weighted by Gasteiger charge is 2.07. The van der Waals surface area contributed by atoms with Crippen LogP contribution in [0.25, 0.3) is 0 Å². The highest BCUT2D eigenvalue weighted by atomic mass is 16.3. The monoisotopic (exact) mass is 286 g/mol. The van der Waals surface area contributed by atoms with E-state index >= 15 is 0 Å². The largest absolute Gasteiger partial charge is 0.504 e. The van der Waals surface area contributed by atoms with E-state index in [1.807, 2.05) is 25.1 Å². The summed E-state index contributed by atoms with van der Waals surface area (Å²) in [4.78, 5) is 11.1. The minimum absolute atomic E-state index is 0.124. The molecule has 0 heterocycles. The van der Waals surface area contributed by atoms with Gasteiger partial charge in [-0.1, -0.05) is 18.2 Å². The molecule has 0 aliphatic rings. The maximum absolute atomic E-state index is 11.1. The number of hydrogen-bond donors (Lipinski definition) is 4. The van der Waals surface area contributed by atoms with E-state index < -0.39 is 0 Å². The number of benzene rings is 2. The van der Waals surface area contributed by atoms with E-state index in [9.17, 15) is 15.0 Å². The second-order valence-corrected chi connectivity index (χ2v) is 4.85. The van der Waals surface area contributed by atoms with E-state index in [0.717, 1.165) is 11.3 Å². The number of amides is 1. The number of para-hydroxylation sites is 1. The normalized spacial score (nSPS) is 10.2. The second-order valence-electron chi connectivity index (χ2n) is 4.85. The van der Waals surface area contributed by atoms with Gasteiger partial charge in [0.25, 0.3) is 0 Å². The molecule has 0 atom stereocenters. The lowest BCUT2D eigenvalue weighted by molar-refractivity contribution is -0.114. The van der Waals surface area contributed by atoms with E-state index in [0.29, 0.717) is 17.8 Å². The molecule has 2 aromatic carbocycles. The van der Waals surface area contributed by atoms with Crippen molar-refractivity contribution >= 4 is 17.3 Å². The Morgan fingerprint density at radius 2 is 1.95 bits per heavy atom. The number of nitrogens with one attached hydrogen (secondary N) is 2. The van der Waals surface area contributed by atoms with E-state index in [4.69, 9.17) is 0 Å². The summed E-state index contributed by atoms with van der Waals surface area (Å²) in [7, 11) is 0. The van der Waals surface area contributed by atoms with Gasteiger partial charge in [0, 0.05) is 30.4 Å². The molecule has 0 spiro atoms. The van der Waals surface area contributed by atoms with Crippen LogP contribution in [0.4, 0.5) is 11.4 Å². The molecule has 0 saturated heterocycles. The van der Waals surface area contributed by atoms with Crippen molar-refractivity contribution in [2.45, 2.75) is 20.4 Å². The van der Waals surface area contributed by atoms with Gasteiger partial charge >= 0.3 is 0 Å². The summed E-state index contributed by atoms with van der Waals surface area (Å²) in [6, 6.07) is 10.4. The molecule has 110 valence electrons. The maximum atomic E-state index is 11.1. The van der Waals surface area contributed by atoms with E-state index in [-0.39, 0.29) is 17.4 Å². The van der Waals surface area contributed by atoms with Crippen LogP contribution in [0, 0.1) is 6.92 Å². The predicted octanol–water partition coefficient (Wildman–Crippen LogP) is 2.98. The summed E-state index contributed by atoms with van der Waals surface area (Å²) in [6.07, 6.45) is 0. The van der Waals surface area contributed by atoms with Crippen LogP contribution in [-0.2, 0) is 11.3 Å². The Morgan fingerprint density at radius 3 is 2.67 bits per heavy atom. The van der Waals surface area contributed by atoms with Crippen molar-refractivity contribution in [3.63, 3.8) is 0 Å². The van der Waals surface area contributed by atoms with Crippen LogP contribution in [-0.4, -0.2) is 16.1 Å². The molecule has 5 nitrogen and oxygen atoms in total. The summed E-state index contributed by atoms with van der Waals surface area (Å²) in [6.45, 7) is 3.77. The van der Waals surface area contributed by atoms with Crippen LogP contribution in [0.3, 0.4) is 0 Å². The molecule has 0 unspecified atom stereocenters. The fraction of sp³-hybridized carbons (Fsp3) is 0.188. The number of aryl methyl sites for hydroxylation is 1. The quantitative estimate of drug-likeness (QED) is 0.651. The first-order chi connectivity index (χ1) is 9.97. The van der Waals surface area contributed by atoms with Crippen molar-refractivity contribution in [1.29, 1.82) is 0 Å². The average molecular weight is 286 g/mol. The number of rotatable bonds is 4. The molecule has 5 heteroatoms. The molecule has 0 aromatic heterocycles. The minimum atomic E-state index is -0.141. The smallest absolute Gasteiger partial charge is 0.221 e. The lowest BCUT2D eigenvalue weighted by Gasteiger charge is -2.13. The SMILES string of the molecule is CC(=O)Nc1ccc(C)c(NCc2cccc(O)c2O)c1. The Bertz CT molecular complexity index is 669. The van der Waals surface area contributed by atoms with Crippen LogP contribution >= 0.6 is 0 Å². The van der Waals surface area contributed by atoms with Gasteiger partial charge in [-0.05, 0) is 30.7 Å². The lowest BCUT2D eigenvalue weighted by atomic mass is 10.1. The van der Waals surface area contributed by atoms with Crippen molar-refractivity contribution in [2.24, 2.45) is 0 Å². The van der Waals surface area contributed by atoms with Gasteiger partial charge < -0.3 is 20.8 Å². The van der Waals surface area contributed by atoms with Crippen molar-refractivity contribution in [3.8, 4) is 11.5 Å². The Hall–Kier alpha value is -2.69. The molecule has 0 radical (unpaired) electrons. The molecule has 1 amide bonds. The third kappa shape index (κ3) is 3.66. The van der Waals surface area contributed by atoms with Crippen LogP contribution < -0.4 is 10.6 Å². The molecule has 0 fully saturated rings. The van der Waals surface area contributed by atoms with Crippen molar-refractivity contribution in [2.75, 3.05) is 10.6 Å². The molecular weight excluding hydrogens is 268 g/mol. The highest BCUT2D eigenvalue weighted by molar-refractivity contribution is 5.89. The second kappa shape index (κ2) is 6.17. The van der Waals surface area contributed by atoms with Gasteiger partial charge in [-0.2, -0.15) is 0 Å². The molecule has 0 bridgehead atoms. The molecule has 2 aromatic rings. The van der Waals surface area contributed by atoms with Gasteiger partial charge in [0.1, 0.15) is 0 Å². The third-order valence-corrected chi connectivity index (χ3v) is 3.13. The number of phenolic OH excluding ortho intramolecular Hbond substituents is 2. The van der Waals surface area contributed by atoms with Crippen molar-refractivity contribution < 1.29 is 15.0 Å². The minimum Gasteiger partial charge on any atom is -0.504 e. The average Bonchev–Trinajstić information content (AvgIpc) is 2.43. The highest BCUT2D eigenvalue weighted by Crippen LogP contribution is 2.29. The topological polar surface area (TPSA) is 81.6 Å². The van der Waals surface area contributed by atoms with E-state index in [1.165, 1.54) is 13.0 Å². The lowest BCUT2D eigenvalue weighted by Crippen LogP contribution is -2.07. The van der Waals surface area contributed by atoms with E-state index in [1.54, 1.807) is 12.1 Å². The fourth-order valence-corrected chi connectivity index (χ4v) is 2.00. The van der Waals surface area contributed by atoms with Gasteiger partial charge in [0.05, 0.1) is 0 Å². The first-order valence-corrected chi connectivity index (χ1v) is 6.59. The van der Waals surface area contributed by atoms with Crippen molar-refractivity contribution in [1.82, 2.24) is 0 Å². The first-order valence-electron chi connectivity index (χ1n) is 6.59. The standard InChI is InChI=1S/C16H18N2O3/c1-10-6-7-13(18-11(2)19)8-14(10)17-9-12-4-3-5-15(20)16(12)21/h3-8,17,20-21H,9H2,1-2H3,(H,18,19). The van der Waals surface area contributed by atoms with Crippen LogP contribution in [0.5, 0.6) is 11.5 Å². The van der Waals surface area contributed by atoms with Gasteiger partial charge in [0.15, 0.2) is 11.5 Å². The number of hydrogen-bond acceptors (Lipinski definition) is 4. The zero-order valence-corrected chi connectivity index (χ0v) is 12.0. The molecule has 21 heavy (non-hydrogen) atoms. The van der Waals surface area contributed by atoms with Crippen LogP contribution in [0.2, 0.25) is 0 Å². The van der Waals surface area contributed by atoms with Gasteiger partial charge in [-0.15, -0.1) is 0 Å². The molecule has 2 rings (SSSR count). The summed E-state index contributed by atoms with van der Waals surface area (Å²) < 4.78 is 0. The molecule has 0 aliphatic heterocycles.